The van der Waals surface area contributed by atoms with Crippen molar-refractivity contribution in [2.24, 2.45) is 0 Å². The minimum absolute atomic E-state index is 0.0215. The highest BCUT2D eigenvalue weighted by molar-refractivity contribution is 5.38. The third-order valence-electron chi connectivity index (χ3n) is 2.20. The molecular weight excluding hydrogens is 235 g/mol. The Kier molecular flexibility index (Phi) is 4.28. The first kappa shape index (κ1) is 13.7. The topological polar surface area (TPSA) is 49.2 Å². The lowest BCUT2D eigenvalue weighted by Crippen LogP contribution is -2.34. The summed E-state index contributed by atoms with van der Waals surface area (Å²) in [4.78, 5) is 1.67. The van der Waals surface area contributed by atoms with Crippen LogP contribution >= 0.6 is 0 Å². The van der Waals surface area contributed by atoms with Gasteiger partial charge in [0.25, 0.3) is 0 Å². The Morgan fingerprint density at radius 2 is 1.94 bits per heavy atom. The highest BCUT2D eigenvalue weighted by Gasteiger charge is 2.33. The quantitative estimate of drug-likeness (QED) is 0.882. The SMILES string of the molecule is CC(C)N(CCO)c1ccc(C(F)(F)F)nn1. The van der Waals surface area contributed by atoms with Gasteiger partial charge in [-0.05, 0) is 26.0 Å². The van der Waals surface area contributed by atoms with Gasteiger partial charge < -0.3 is 10.0 Å². The molecular formula is C10H14F3N3O. The summed E-state index contributed by atoms with van der Waals surface area (Å²) in [5, 5.41) is 15.5. The fraction of sp³-hybridized carbons (Fsp3) is 0.600. The Hall–Kier alpha value is -1.37. The largest absolute Gasteiger partial charge is 0.435 e. The average Bonchev–Trinajstić information content (AvgIpc) is 2.24. The third kappa shape index (κ3) is 3.55. The Balaban J connectivity index is 2.92. The summed E-state index contributed by atoms with van der Waals surface area (Å²) in [6, 6.07) is 2.16. The highest BCUT2D eigenvalue weighted by atomic mass is 19.4. The summed E-state index contributed by atoms with van der Waals surface area (Å²) >= 11 is 0. The fourth-order valence-electron chi connectivity index (χ4n) is 1.37. The van der Waals surface area contributed by atoms with Crippen LogP contribution in [-0.2, 0) is 6.18 Å². The number of alkyl halides is 3. The van der Waals surface area contributed by atoms with Crippen LogP contribution in [0.1, 0.15) is 19.5 Å². The molecule has 1 aromatic rings. The van der Waals surface area contributed by atoms with Crippen LogP contribution in [-0.4, -0.2) is 34.5 Å². The maximum absolute atomic E-state index is 12.3. The van der Waals surface area contributed by atoms with Gasteiger partial charge in [-0.25, -0.2) is 0 Å². The third-order valence-corrected chi connectivity index (χ3v) is 2.20. The van der Waals surface area contributed by atoms with Crippen molar-refractivity contribution in [2.75, 3.05) is 18.1 Å². The van der Waals surface area contributed by atoms with E-state index in [1.807, 2.05) is 13.8 Å². The first-order valence-corrected chi connectivity index (χ1v) is 5.14. The molecule has 7 heteroatoms. The highest BCUT2D eigenvalue weighted by Crippen LogP contribution is 2.27. The van der Waals surface area contributed by atoms with Gasteiger partial charge in [0.15, 0.2) is 11.5 Å². The molecule has 1 aromatic heterocycles. The van der Waals surface area contributed by atoms with Crippen LogP contribution < -0.4 is 4.90 Å². The van der Waals surface area contributed by atoms with Crippen molar-refractivity contribution in [1.82, 2.24) is 10.2 Å². The smallest absolute Gasteiger partial charge is 0.395 e. The van der Waals surface area contributed by atoms with Gasteiger partial charge in [-0.2, -0.15) is 13.2 Å². The van der Waals surface area contributed by atoms with E-state index >= 15 is 0 Å². The van der Waals surface area contributed by atoms with E-state index in [4.69, 9.17) is 5.11 Å². The molecule has 0 bridgehead atoms. The van der Waals surface area contributed by atoms with Crippen molar-refractivity contribution in [2.45, 2.75) is 26.1 Å². The van der Waals surface area contributed by atoms with Gasteiger partial charge >= 0.3 is 6.18 Å². The van der Waals surface area contributed by atoms with Gasteiger partial charge in [-0.15, -0.1) is 10.2 Å². The number of hydrogen-bond acceptors (Lipinski definition) is 4. The van der Waals surface area contributed by atoms with Crippen LogP contribution in [0.5, 0.6) is 0 Å². The zero-order valence-electron chi connectivity index (χ0n) is 9.57. The van der Waals surface area contributed by atoms with Crippen LogP contribution in [0.25, 0.3) is 0 Å². The predicted octanol–water partition coefficient (Wildman–Crippen LogP) is 1.70. The van der Waals surface area contributed by atoms with E-state index in [-0.39, 0.29) is 12.6 Å². The maximum atomic E-state index is 12.3. The number of anilines is 1. The van der Waals surface area contributed by atoms with Gasteiger partial charge in [0.05, 0.1) is 6.61 Å². The number of aliphatic hydroxyl groups excluding tert-OH is 1. The van der Waals surface area contributed by atoms with Crippen molar-refractivity contribution in [3.05, 3.63) is 17.8 Å². The molecule has 1 N–H and O–H groups in total. The first-order valence-electron chi connectivity index (χ1n) is 5.14. The number of hydrogen-bond donors (Lipinski definition) is 1. The van der Waals surface area contributed by atoms with Crippen LogP contribution in [0.2, 0.25) is 0 Å². The molecule has 0 aliphatic carbocycles. The van der Waals surface area contributed by atoms with E-state index in [0.29, 0.717) is 12.4 Å². The summed E-state index contributed by atoms with van der Waals surface area (Å²) in [5.74, 6) is 0.321. The van der Waals surface area contributed by atoms with Crippen molar-refractivity contribution < 1.29 is 18.3 Å². The summed E-state index contributed by atoms with van der Waals surface area (Å²) in [7, 11) is 0. The number of rotatable bonds is 4. The van der Waals surface area contributed by atoms with Gasteiger partial charge in [-0.3, -0.25) is 0 Å². The minimum Gasteiger partial charge on any atom is -0.395 e. The van der Waals surface area contributed by atoms with E-state index in [1.54, 1.807) is 4.90 Å². The number of nitrogens with zero attached hydrogens (tertiary/aromatic N) is 3. The Morgan fingerprint density at radius 1 is 1.29 bits per heavy atom. The Labute approximate surface area is 97.1 Å². The summed E-state index contributed by atoms with van der Waals surface area (Å²) in [5.41, 5.74) is -1.02. The molecule has 0 saturated carbocycles. The average molecular weight is 249 g/mol. The second-order valence-electron chi connectivity index (χ2n) is 3.79. The summed E-state index contributed by atoms with van der Waals surface area (Å²) < 4.78 is 36.8. The molecule has 0 aromatic carbocycles. The molecule has 0 aliphatic rings. The monoisotopic (exact) mass is 249 g/mol. The molecule has 0 saturated heterocycles. The second-order valence-corrected chi connectivity index (χ2v) is 3.79. The van der Waals surface area contributed by atoms with Crippen molar-refractivity contribution in [1.29, 1.82) is 0 Å². The summed E-state index contributed by atoms with van der Waals surface area (Å²) in [6.45, 7) is 3.92. The molecule has 0 atom stereocenters. The van der Waals surface area contributed by atoms with Crippen molar-refractivity contribution in [3.8, 4) is 0 Å². The zero-order chi connectivity index (χ0) is 13.1. The number of halogens is 3. The molecule has 1 rings (SSSR count). The van der Waals surface area contributed by atoms with Gasteiger partial charge in [0, 0.05) is 12.6 Å². The van der Waals surface area contributed by atoms with Gasteiger partial charge in [-0.1, -0.05) is 0 Å². The zero-order valence-corrected chi connectivity index (χ0v) is 9.57. The minimum atomic E-state index is -4.48. The van der Waals surface area contributed by atoms with E-state index < -0.39 is 11.9 Å². The standard InChI is InChI=1S/C10H14F3N3O/c1-7(2)16(5-6-17)9-4-3-8(14-15-9)10(11,12)13/h3-4,7,17H,5-6H2,1-2H3. The van der Waals surface area contributed by atoms with Crippen LogP contribution in [0.4, 0.5) is 19.0 Å². The molecule has 1 heterocycles. The van der Waals surface area contributed by atoms with Crippen LogP contribution in [0.3, 0.4) is 0 Å². The molecule has 0 unspecified atom stereocenters. The van der Waals surface area contributed by atoms with Crippen molar-refractivity contribution >= 4 is 5.82 Å². The van der Waals surface area contributed by atoms with Gasteiger partial charge in [0.1, 0.15) is 0 Å². The normalized spacial score (nSPS) is 11.9. The van der Waals surface area contributed by atoms with Crippen LogP contribution in [0, 0.1) is 0 Å². The lowest BCUT2D eigenvalue weighted by molar-refractivity contribution is -0.141. The second kappa shape index (κ2) is 5.31. The molecule has 96 valence electrons. The molecule has 0 spiro atoms. The molecule has 0 fully saturated rings. The van der Waals surface area contributed by atoms with Crippen LogP contribution in [0.15, 0.2) is 12.1 Å². The number of aliphatic hydroxyl groups is 1. The van der Waals surface area contributed by atoms with E-state index in [1.165, 1.54) is 6.07 Å². The fourth-order valence-corrected chi connectivity index (χ4v) is 1.37. The molecule has 0 aliphatic heterocycles. The maximum Gasteiger partial charge on any atom is 0.435 e. The lowest BCUT2D eigenvalue weighted by atomic mass is 10.3. The Bertz CT molecular complexity index is 351. The lowest BCUT2D eigenvalue weighted by Gasteiger charge is -2.26. The Morgan fingerprint density at radius 3 is 2.29 bits per heavy atom. The van der Waals surface area contributed by atoms with E-state index in [2.05, 4.69) is 10.2 Å². The predicted molar refractivity (Wildman–Crippen MR) is 56.6 cm³/mol. The van der Waals surface area contributed by atoms with E-state index in [9.17, 15) is 13.2 Å². The molecule has 17 heavy (non-hydrogen) atoms. The number of aromatic nitrogens is 2. The van der Waals surface area contributed by atoms with Gasteiger partial charge in [0.2, 0.25) is 0 Å². The van der Waals surface area contributed by atoms with E-state index in [0.717, 1.165) is 6.07 Å². The van der Waals surface area contributed by atoms with Crippen molar-refractivity contribution in [3.63, 3.8) is 0 Å². The molecule has 0 amide bonds. The molecule has 4 nitrogen and oxygen atoms in total. The summed E-state index contributed by atoms with van der Waals surface area (Å²) in [6.07, 6.45) is -4.48. The first-order chi connectivity index (χ1) is 7.86. The molecule has 0 radical (unpaired) electrons.